The van der Waals surface area contributed by atoms with Gasteiger partial charge in [-0.15, -0.1) is 0 Å². The highest BCUT2D eigenvalue weighted by Gasteiger charge is 2.32. The number of aryl methyl sites for hydroxylation is 1. The molecule has 1 aliphatic rings. The zero-order valence-corrected chi connectivity index (χ0v) is 13.1. The van der Waals surface area contributed by atoms with E-state index in [9.17, 15) is 4.79 Å². The summed E-state index contributed by atoms with van der Waals surface area (Å²) < 4.78 is 5.27. The second-order valence-electron chi connectivity index (χ2n) is 4.71. The van der Waals surface area contributed by atoms with E-state index in [1.165, 1.54) is 11.8 Å². The number of hydrogen-bond acceptors (Lipinski definition) is 5. The van der Waals surface area contributed by atoms with Gasteiger partial charge < -0.3 is 4.42 Å². The Morgan fingerprint density at radius 1 is 1.36 bits per heavy atom. The van der Waals surface area contributed by atoms with Crippen LogP contribution in [-0.4, -0.2) is 27.5 Å². The molecule has 0 aliphatic carbocycles. The fourth-order valence-corrected chi connectivity index (χ4v) is 3.09. The number of aromatic nitrogens is 1. The first-order valence-electron chi connectivity index (χ1n) is 6.94. The molecule has 0 radical (unpaired) electrons. The standard InChI is InChI=1S/C16H15N3O2S/c1-3-19-15(20)13(10-12-7-5-9-21-12)22-16(19)18-14-8-4-6-11(2)17-14/h4-10H,3H2,1-2H3/b13-10+,18-16+. The first kappa shape index (κ1) is 14.6. The molecule has 0 atom stereocenters. The molecule has 2 aromatic rings. The number of hydrogen-bond donors (Lipinski definition) is 0. The highest BCUT2D eigenvalue weighted by atomic mass is 32.2. The number of carbonyl (C=O) groups is 1. The summed E-state index contributed by atoms with van der Waals surface area (Å²) in [7, 11) is 0. The van der Waals surface area contributed by atoms with Crippen LogP contribution in [0.1, 0.15) is 18.4 Å². The number of likely N-dealkylation sites (N-methyl/N-ethyl adjacent to an activating group) is 1. The van der Waals surface area contributed by atoms with Crippen LogP contribution in [-0.2, 0) is 4.79 Å². The van der Waals surface area contributed by atoms with Gasteiger partial charge in [-0.2, -0.15) is 0 Å². The van der Waals surface area contributed by atoms with Gasteiger partial charge in [-0.3, -0.25) is 9.69 Å². The lowest BCUT2D eigenvalue weighted by Gasteiger charge is -2.11. The second-order valence-corrected chi connectivity index (χ2v) is 5.72. The molecule has 1 fully saturated rings. The summed E-state index contributed by atoms with van der Waals surface area (Å²) >= 11 is 1.34. The molecule has 6 heteroatoms. The number of nitrogens with zero attached hydrogens (tertiary/aromatic N) is 3. The van der Waals surface area contributed by atoms with Crippen LogP contribution >= 0.6 is 11.8 Å². The number of rotatable bonds is 3. The van der Waals surface area contributed by atoms with Crippen LogP contribution in [0.4, 0.5) is 5.82 Å². The highest BCUT2D eigenvalue weighted by Crippen LogP contribution is 2.33. The van der Waals surface area contributed by atoms with Crippen molar-refractivity contribution < 1.29 is 9.21 Å². The summed E-state index contributed by atoms with van der Waals surface area (Å²) in [6, 6.07) is 9.25. The van der Waals surface area contributed by atoms with E-state index >= 15 is 0 Å². The summed E-state index contributed by atoms with van der Waals surface area (Å²) in [5.41, 5.74) is 0.894. The predicted molar refractivity (Wildman–Crippen MR) is 87.7 cm³/mol. The quantitative estimate of drug-likeness (QED) is 0.812. The summed E-state index contributed by atoms with van der Waals surface area (Å²) in [6.45, 7) is 4.40. The normalized spacial score (nSPS) is 18.6. The lowest BCUT2D eigenvalue weighted by Crippen LogP contribution is -2.28. The number of pyridine rings is 1. The van der Waals surface area contributed by atoms with Crippen molar-refractivity contribution in [3.8, 4) is 0 Å². The molecule has 0 spiro atoms. The van der Waals surface area contributed by atoms with E-state index in [0.717, 1.165) is 5.69 Å². The summed E-state index contributed by atoms with van der Waals surface area (Å²) in [4.78, 5) is 23.5. The molecule has 3 rings (SSSR count). The molecule has 1 saturated heterocycles. The third-order valence-electron chi connectivity index (χ3n) is 3.10. The number of carbonyl (C=O) groups excluding carboxylic acids is 1. The van der Waals surface area contributed by atoms with Crippen molar-refractivity contribution in [3.63, 3.8) is 0 Å². The molecule has 2 aromatic heterocycles. The molecule has 1 aliphatic heterocycles. The fourth-order valence-electron chi connectivity index (χ4n) is 2.06. The minimum atomic E-state index is -0.0599. The zero-order chi connectivity index (χ0) is 15.5. The SMILES string of the molecule is CCN1C(=O)/C(=C\c2ccco2)S/C1=N/c1cccc(C)n1. The number of aliphatic imine (C=N–C) groups is 1. The van der Waals surface area contributed by atoms with Gasteiger partial charge in [0.15, 0.2) is 11.0 Å². The van der Waals surface area contributed by atoms with Crippen molar-refractivity contribution in [1.82, 2.24) is 9.88 Å². The molecular weight excluding hydrogens is 298 g/mol. The van der Waals surface area contributed by atoms with Gasteiger partial charge in [0.05, 0.1) is 11.2 Å². The summed E-state index contributed by atoms with van der Waals surface area (Å²) in [6.07, 6.45) is 3.32. The van der Waals surface area contributed by atoms with Crippen LogP contribution in [0.5, 0.6) is 0 Å². The topological polar surface area (TPSA) is 58.7 Å². The van der Waals surface area contributed by atoms with Crippen LogP contribution in [0.25, 0.3) is 6.08 Å². The van der Waals surface area contributed by atoms with Crippen LogP contribution < -0.4 is 0 Å². The number of amidine groups is 1. The van der Waals surface area contributed by atoms with Gasteiger partial charge >= 0.3 is 0 Å². The molecule has 0 bridgehead atoms. The predicted octanol–water partition coefficient (Wildman–Crippen LogP) is 3.61. The lowest BCUT2D eigenvalue weighted by atomic mass is 10.3. The van der Waals surface area contributed by atoms with E-state index in [0.29, 0.717) is 28.2 Å². The Morgan fingerprint density at radius 2 is 2.23 bits per heavy atom. The minimum absolute atomic E-state index is 0.0599. The Balaban J connectivity index is 1.93. The van der Waals surface area contributed by atoms with Crippen molar-refractivity contribution >= 4 is 34.7 Å². The van der Waals surface area contributed by atoms with E-state index < -0.39 is 0 Å². The Bertz CT molecular complexity index is 751. The van der Waals surface area contributed by atoms with E-state index in [1.54, 1.807) is 23.3 Å². The third kappa shape index (κ3) is 2.96. The number of amides is 1. The lowest BCUT2D eigenvalue weighted by molar-refractivity contribution is -0.122. The monoisotopic (exact) mass is 313 g/mol. The van der Waals surface area contributed by atoms with Gasteiger partial charge in [-0.05, 0) is 49.9 Å². The minimum Gasteiger partial charge on any atom is -0.465 e. The molecule has 0 unspecified atom stereocenters. The Labute approximate surface area is 132 Å². The summed E-state index contributed by atoms with van der Waals surface area (Å²) in [5.74, 6) is 1.20. The molecular formula is C16H15N3O2S. The molecule has 22 heavy (non-hydrogen) atoms. The van der Waals surface area contributed by atoms with Gasteiger partial charge in [0, 0.05) is 18.3 Å². The summed E-state index contributed by atoms with van der Waals surface area (Å²) in [5, 5.41) is 0.642. The van der Waals surface area contributed by atoms with Gasteiger partial charge in [-0.25, -0.2) is 9.98 Å². The Hall–Kier alpha value is -2.34. The van der Waals surface area contributed by atoms with Crippen molar-refractivity contribution in [2.75, 3.05) is 6.54 Å². The molecule has 0 aromatic carbocycles. The highest BCUT2D eigenvalue weighted by molar-refractivity contribution is 8.18. The molecule has 5 nitrogen and oxygen atoms in total. The van der Waals surface area contributed by atoms with Crippen LogP contribution in [0.3, 0.4) is 0 Å². The average Bonchev–Trinajstić information content (AvgIpc) is 3.09. The second kappa shape index (κ2) is 6.19. The van der Waals surface area contributed by atoms with Crippen molar-refractivity contribution in [3.05, 3.63) is 53.0 Å². The largest absolute Gasteiger partial charge is 0.465 e. The maximum Gasteiger partial charge on any atom is 0.266 e. The number of furan rings is 1. The maximum atomic E-state index is 12.4. The fraction of sp³-hybridized carbons (Fsp3) is 0.188. The van der Waals surface area contributed by atoms with Gasteiger partial charge in [0.2, 0.25) is 0 Å². The molecule has 0 N–H and O–H groups in total. The van der Waals surface area contributed by atoms with Gasteiger partial charge in [0.1, 0.15) is 5.76 Å². The van der Waals surface area contributed by atoms with E-state index in [1.807, 2.05) is 38.1 Å². The first-order valence-corrected chi connectivity index (χ1v) is 7.76. The molecule has 3 heterocycles. The van der Waals surface area contributed by atoms with E-state index in [2.05, 4.69) is 9.98 Å². The first-order chi connectivity index (χ1) is 10.7. The van der Waals surface area contributed by atoms with E-state index in [-0.39, 0.29) is 5.91 Å². The average molecular weight is 313 g/mol. The third-order valence-corrected chi connectivity index (χ3v) is 4.11. The molecule has 1 amide bonds. The van der Waals surface area contributed by atoms with Crippen LogP contribution in [0.15, 0.2) is 50.9 Å². The van der Waals surface area contributed by atoms with Gasteiger partial charge in [0.25, 0.3) is 5.91 Å². The van der Waals surface area contributed by atoms with Crippen LogP contribution in [0, 0.1) is 6.92 Å². The number of thioether (sulfide) groups is 1. The Morgan fingerprint density at radius 3 is 2.91 bits per heavy atom. The molecule has 0 saturated carbocycles. The van der Waals surface area contributed by atoms with Crippen molar-refractivity contribution in [2.45, 2.75) is 13.8 Å². The van der Waals surface area contributed by atoms with Crippen molar-refractivity contribution in [2.24, 2.45) is 4.99 Å². The smallest absolute Gasteiger partial charge is 0.266 e. The van der Waals surface area contributed by atoms with Gasteiger partial charge in [-0.1, -0.05) is 6.07 Å². The maximum absolute atomic E-state index is 12.4. The Kier molecular flexibility index (Phi) is 4.11. The molecule has 112 valence electrons. The van der Waals surface area contributed by atoms with Crippen molar-refractivity contribution in [1.29, 1.82) is 0 Å². The van der Waals surface area contributed by atoms with E-state index in [4.69, 9.17) is 4.42 Å². The zero-order valence-electron chi connectivity index (χ0n) is 12.3. The van der Waals surface area contributed by atoms with Crippen LogP contribution in [0.2, 0.25) is 0 Å².